The molecule has 1 heterocycles. The molecule has 21 heavy (non-hydrogen) atoms. The van der Waals surface area contributed by atoms with E-state index in [0.717, 1.165) is 36.4 Å². The number of nitrogens with one attached hydrogen (secondary N) is 2. The Balaban J connectivity index is 1.93. The van der Waals surface area contributed by atoms with E-state index in [0.29, 0.717) is 19.4 Å². The number of rotatable bonds is 4. The highest BCUT2D eigenvalue weighted by Crippen LogP contribution is 2.27. The average molecular weight is 311 g/mol. The zero-order valence-corrected chi connectivity index (χ0v) is 13.0. The van der Waals surface area contributed by atoms with Crippen LogP contribution in [-0.2, 0) is 11.3 Å². The summed E-state index contributed by atoms with van der Waals surface area (Å²) in [5.41, 5.74) is -0.337. The molecule has 2 rings (SSSR count). The van der Waals surface area contributed by atoms with Crippen LogP contribution in [0.25, 0.3) is 0 Å². The first-order chi connectivity index (χ1) is 10.0. The molecule has 7 heteroatoms. The van der Waals surface area contributed by atoms with Crippen LogP contribution < -0.4 is 10.6 Å². The molecule has 0 bridgehead atoms. The van der Waals surface area contributed by atoms with Crippen LogP contribution in [0.5, 0.6) is 0 Å². The van der Waals surface area contributed by atoms with Crippen molar-refractivity contribution in [3.8, 4) is 0 Å². The fraction of sp³-hybridized carbons (Fsp3) is 0.643. The third-order valence-electron chi connectivity index (χ3n) is 3.82. The van der Waals surface area contributed by atoms with E-state index in [2.05, 4.69) is 15.6 Å². The van der Waals surface area contributed by atoms with Crippen LogP contribution in [0.1, 0.15) is 49.2 Å². The zero-order valence-electron chi connectivity index (χ0n) is 12.1. The third-order valence-corrected chi connectivity index (χ3v) is 4.64. The van der Waals surface area contributed by atoms with E-state index in [-0.39, 0.29) is 0 Å². The van der Waals surface area contributed by atoms with Crippen molar-refractivity contribution in [3.05, 3.63) is 16.1 Å². The Morgan fingerprint density at radius 2 is 2.00 bits per heavy atom. The minimum atomic E-state index is -1.13. The third kappa shape index (κ3) is 4.17. The molecule has 6 nitrogen and oxygen atoms in total. The quantitative estimate of drug-likeness (QED) is 0.745. The summed E-state index contributed by atoms with van der Waals surface area (Å²) in [7, 11) is 0. The number of hydrogen-bond acceptors (Lipinski definition) is 4. The number of thiazole rings is 1. The summed E-state index contributed by atoms with van der Waals surface area (Å²) in [6, 6.07) is -0.440. The normalized spacial score (nSPS) is 17.8. The number of aryl methyl sites for hydroxylation is 1. The van der Waals surface area contributed by atoms with Gasteiger partial charge in [-0.15, -0.1) is 11.3 Å². The molecule has 1 aromatic heterocycles. The number of hydrogen-bond donors (Lipinski definition) is 3. The van der Waals surface area contributed by atoms with Gasteiger partial charge < -0.3 is 15.7 Å². The molecule has 0 saturated heterocycles. The fourth-order valence-corrected chi connectivity index (χ4v) is 3.26. The molecule has 1 aromatic rings. The molecule has 0 aliphatic heterocycles. The van der Waals surface area contributed by atoms with Crippen LogP contribution in [0, 0.1) is 6.92 Å². The van der Waals surface area contributed by atoms with E-state index in [1.807, 2.05) is 12.3 Å². The van der Waals surface area contributed by atoms with Crippen LogP contribution in [0.3, 0.4) is 0 Å². The van der Waals surface area contributed by atoms with Gasteiger partial charge >= 0.3 is 12.0 Å². The molecule has 1 aliphatic carbocycles. The highest BCUT2D eigenvalue weighted by molar-refractivity contribution is 7.09. The molecule has 0 radical (unpaired) electrons. The number of aromatic nitrogens is 1. The standard InChI is InChI=1S/C14H21N3O3S/c1-10-16-11(9-21-10)8-15-13(20)17-14(12(18)19)6-4-2-3-5-7-14/h9H,2-8H2,1H3,(H,18,19)(H2,15,17,20). The summed E-state index contributed by atoms with van der Waals surface area (Å²) in [4.78, 5) is 27.8. The monoisotopic (exact) mass is 311 g/mol. The van der Waals surface area contributed by atoms with Gasteiger partial charge in [0.25, 0.3) is 0 Å². The number of aliphatic carboxylic acids is 1. The van der Waals surface area contributed by atoms with Crippen molar-refractivity contribution in [3.63, 3.8) is 0 Å². The molecule has 0 atom stereocenters. The first-order valence-electron chi connectivity index (χ1n) is 7.22. The summed E-state index contributed by atoms with van der Waals surface area (Å²) < 4.78 is 0. The molecule has 0 aromatic carbocycles. The van der Waals surface area contributed by atoms with Crippen molar-refractivity contribution < 1.29 is 14.7 Å². The van der Waals surface area contributed by atoms with E-state index >= 15 is 0 Å². The van der Waals surface area contributed by atoms with Crippen LogP contribution in [-0.4, -0.2) is 27.6 Å². The summed E-state index contributed by atoms with van der Waals surface area (Å²) in [6.07, 6.45) is 4.69. The molecule has 0 spiro atoms. The van der Waals surface area contributed by atoms with Crippen LogP contribution in [0.4, 0.5) is 4.79 Å². The summed E-state index contributed by atoms with van der Waals surface area (Å²) >= 11 is 1.52. The second-order valence-electron chi connectivity index (χ2n) is 5.47. The van der Waals surface area contributed by atoms with Crippen molar-refractivity contribution in [2.45, 2.75) is 57.5 Å². The Morgan fingerprint density at radius 1 is 1.33 bits per heavy atom. The van der Waals surface area contributed by atoms with Crippen LogP contribution in [0.2, 0.25) is 0 Å². The maximum absolute atomic E-state index is 12.0. The molecule has 116 valence electrons. The van der Waals surface area contributed by atoms with Gasteiger partial charge in [0.1, 0.15) is 5.54 Å². The second-order valence-corrected chi connectivity index (χ2v) is 6.53. The molecule has 3 N–H and O–H groups in total. The van der Waals surface area contributed by atoms with Crippen molar-refractivity contribution in [1.82, 2.24) is 15.6 Å². The van der Waals surface area contributed by atoms with Gasteiger partial charge in [0.05, 0.1) is 17.2 Å². The number of nitrogens with zero attached hydrogens (tertiary/aromatic N) is 1. The highest BCUT2D eigenvalue weighted by atomic mass is 32.1. The number of urea groups is 1. The van der Waals surface area contributed by atoms with Gasteiger partial charge in [-0.3, -0.25) is 0 Å². The van der Waals surface area contributed by atoms with Gasteiger partial charge in [-0.05, 0) is 19.8 Å². The molecule has 1 fully saturated rings. The van der Waals surface area contributed by atoms with Gasteiger partial charge in [0.2, 0.25) is 0 Å². The van der Waals surface area contributed by atoms with Crippen molar-refractivity contribution >= 4 is 23.3 Å². The summed E-state index contributed by atoms with van der Waals surface area (Å²) in [5.74, 6) is -0.941. The lowest BCUT2D eigenvalue weighted by Gasteiger charge is -2.29. The van der Waals surface area contributed by atoms with E-state index in [9.17, 15) is 14.7 Å². The van der Waals surface area contributed by atoms with Gasteiger partial charge in [-0.1, -0.05) is 25.7 Å². The first kappa shape index (κ1) is 15.8. The molecular formula is C14H21N3O3S. The van der Waals surface area contributed by atoms with Gasteiger partial charge in [0, 0.05) is 5.38 Å². The number of carbonyl (C=O) groups excluding carboxylic acids is 1. The van der Waals surface area contributed by atoms with Gasteiger partial charge in [-0.2, -0.15) is 0 Å². The van der Waals surface area contributed by atoms with Gasteiger partial charge in [-0.25, -0.2) is 14.6 Å². The minimum absolute atomic E-state index is 0.311. The average Bonchev–Trinajstić information content (AvgIpc) is 2.71. The largest absolute Gasteiger partial charge is 0.480 e. The Morgan fingerprint density at radius 3 is 2.52 bits per heavy atom. The lowest BCUT2D eigenvalue weighted by atomic mass is 9.90. The van der Waals surface area contributed by atoms with Crippen molar-refractivity contribution in [1.29, 1.82) is 0 Å². The minimum Gasteiger partial charge on any atom is -0.480 e. The smallest absolute Gasteiger partial charge is 0.329 e. The number of carboxylic acid groups (broad SMARTS) is 1. The molecule has 1 saturated carbocycles. The Kier molecular flexibility index (Phi) is 5.17. The lowest BCUT2D eigenvalue weighted by molar-refractivity contribution is -0.145. The molecule has 2 amide bonds. The molecule has 1 aliphatic rings. The van der Waals surface area contributed by atoms with Crippen molar-refractivity contribution in [2.24, 2.45) is 0 Å². The highest BCUT2D eigenvalue weighted by Gasteiger charge is 2.40. The molecular weight excluding hydrogens is 290 g/mol. The Bertz CT molecular complexity index is 507. The van der Waals surface area contributed by atoms with Gasteiger partial charge in [0.15, 0.2) is 0 Å². The second kappa shape index (κ2) is 6.89. The molecule has 0 unspecified atom stereocenters. The predicted octanol–water partition coefficient (Wildman–Crippen LogP) is 2.43. The van der Waals surface area contributed by atoms with E-state index < -0.39 is 17.5 Å². The van der Waals surface area contributed by atoms with Crippen LogP contribution >= 0.6 is 11.3 Å². The van der Waals surface area contributed by atoms with Crippen LogP contribution in [0.15, 0.2) is 5.38 Å². The number of carbonyl (C=O) groups is 2. The first-order valence-corrected chi connectivity index (χ1v) is 8.10. The van der Waals surface area contributed by atoms with Crippen molar-refractivity contribution in [2.75, 3.05) is 0 Å². The van der Waals surface area contributed by atoms with E-state index in [1.165, 1.54) is 11.3 Å². The summed E-state index contributed by atoms with van der Waals surface area (Å²) in [5, 5.41) is 17.7. The topological polar surface area (TPSA) is 91.3 Å². The van der Waals surface area contributed by atoms with E-state index in [1.54, 1.807) is 0 Å². The van der Waals surface area contributed by atoms with E-state index in [4.69, 9.17) is 0 Å². The Labute approximate surface area is 128 Å². The number of amides is 2. The Hall–Kier alpha value is -1.63. The summed E-state index contributed by atoms with van der Waals surface area (Å²) in [6.45, 7) is 2.21. The fourth-order valence-electron chi connectivity index (χ4n) is 2.65. The zero-order chi connectivity index (χ0) is 15.3. The lowest BCUT2D eigenvalue weighted by Crippen LogP contribution is -2.56. The predicted molar refractivity (Wildman–Crippen MR) is 80.3 cm³/mol. The number of carboxylic acids is 1. The maximum Gasteiger partial charge on any atom is 0.329 e. The maximum atomic E-state index is 12.0. The SMILES string of the molecule is Cc1nc(CNC(=O)NC2(C(=O)O)CCCCCC2)cs1.